The van der Waals surface area contributed by atoms with E-state index in [1.807, 2.05) is 20.8 Å². The standard InChI is InChI=1S/C17H36N2O2/c1-7-10-12-15(19-14(9-3)11-8-2)13-18-16(20)21-17(4,5)6/h14-15,19H,7-13H2,1-6H3,(H,18,20). The summed E-state index contributed by atoms with van der Waals surface area (Å²) >= 11 is 0. The van der Waals surface area contributed by atoms with Gasteiger partial charge in [0, 0.05) is 18.6 Å². The van der Waals surface area contributed by atoms with Crippen molar-refractivity contribution in [3.63, 3.8) is 0 Å². The van der Waals surface area contributed by atoms with Crippen LogP contribution < -0.4 is 10.6 Å². The zero-order valence-corrected chi connectivity index (χ0v) is 14.9. The molecule has 0 heterocycles. The second-order valence-corrected chi connectivity index (χ2v) is 6.78. The van der Waals surface area contributed by atoms with Crippen molar-refractivity contribution in [1.29, 1.82) is 0 Å². The molecule has 0 aromatic carbocycles. The van der Waals surface area contributed by atoms with Gasteiger partial charge in [0.15, 0.2) is 0 Å². The molecule has 126 valence electrons. The highest BCUT2D eigenvalue weighted by molar-refractivity contribution is 5.67. The van der Waals surface area contributed by atoms with E-state index in [-0.39, 0.29) is 6.09 Å². The SMILES string of the molecule is CCCCC(CNC(=O)OC(C)(C)C)NC(CC)CCC. The smallest absolute Gasteiger partial charge is 0.407 e. The Kier molecular flexibility index (Phi) is 10.5. The molecular weight excluding hydrogens is 264 g/mol. The van der Waals surface area contributed by atoms with Crippen LogP contribution >= 0.6 is 0 Å². The summed E-state index contributed by atoms with van der Waals surface area (Å²) in [6, 6.07) is 0.867. The van der Waals surface area contributed by atoms with Crippen LogP contribution in [0.3, 0.4) is 0 Å². The van der Waals surface area contributed by atoms with Crippen molar-refractivity contribution < 1.29 is 9.53 Å². The molecule has 0 fully saturated rings. The summed E-state index contributed by atoms with van der Waals surface area (Å²) in [4.78, 5) is 11.8. The number of hydrogen-bond donors (Lipinski definition) is 2. The van der Waals surface area contributed by atoms with Gasteiger partial charge in [0.05, 0.1) is 0 Å². The summed E-state index contributed by atoms with van der Waals surface area (Å²) < 4.78 is 5.29. The van der Waals surface area contributed by atoms with Crippen LogP contribution in [-0.2, 0) is 4.74 Å². The zero-order chi connectivity index (χ0) is 16.3. The van der Waals surface area contributed by atoms with E-state index in [9.17, 15) is 4.79 Å². The molecule has 2 atom stereocenters. The molecule has 1 amide bonds. The number of rotatable bonds is 10. The monoisotopic (exact) mass is 300 g/mol. The molecule has 0 aliphatic heterocycles. The van der Waals surface area contributed by atoms with Gasteiger partial charge in [-0.05, 0) is 40.0 Å². The predicted octanol–water partition coefficient (Wildman–Crippen LogP) is 4.24. The maximum atomic E-state index is 11.8. The second-order valence-electron chi connectivity index (χ2n) is 6.78. The fraction of sp³-hybridized carbons (Fsp3) is 0.941. The quantitative estimate of drug-likeness (QED) is 0.634. The first-order valence-electron chi connectivity index (χ1n) is 8.55. The van der Waals surface area contributed by atoms with E-state index in [1.54, 1.807) is 0 Å². The van der Waals surface area contributed by atoms with Crippen LogP contribution in [0.5, 0.6) is 0 Å². The number of amides is 1. The normalized spacial score (nSPS) is 14.6. The molecule has 0 radical (unpaired) electrons. The topological polar surface area (TPSA) is 50.4 Å². The molecule has 4 nitrogen and oxygen atoms in total. The van der Waals surface area contributed by atoms with Gasteiger partial charge in [-0.25, -0.2) is 4.79 Å². The molecule has 0 aliphatic carbocycles. The molecular formula is C17H36N2O2. The fourth-order valence-electron chi connectivity index (χ4n) is 2.30. The number of ether oxygens (including phenoxy) is 1. The van der Waals surface area contributed by atoms with E-state index in [4.69, 9.17) is 4.74 Å². The van der Waals surface area contributed by atoms with Gasteiger partial charge in [0.2, 0.25) is 0 Å². The number of carbonyl (C=O) groups is 1. The third kappa shape index (κ3) is 11.6. The molecule has 0 aromatic heterocycles. The Hall–Kier alpha value is -0.770. The highest BCUT2D eigenvalue weighted by Gasteiger charge is 2.18. The number of unbranched alkanes of at least 4 members (excludes halogenated alkanes) is 1. The summed E-state index contributed by atoms with van der Waals surface area (Å²) in [5.74, 6) is 0. The molecule has 0 saturated carbocycles. The third-order valence-corrected chi connectivity index (χ3v) is 3.40. The Labute approximate surface area is 131 Å². The summed E-state index contributed by atoms with van der Waals surface area (Å²) in [5, 5.41) is 6.58. The van der Waals surface area contributed by atoms with Gasteiger partial charge in [-0.2, -0.15) is 0 Å². The van der Waals surface area contributed by atoms with E-state index >= 15 is 0 Å². The Morgan fingerprint density at radius 3 is 2.19 bits per heavy atom. The van der Waals surface area contributed by atoms with E-state index in [0.29, 0.717) is 18.6 Å². The lowest BCUT2D eigenvalue weighted by molar-refractivity contribution is 0.0520. The molecule has 0 saturated heterocycles. The van der Waals surface area contributed by atoms with Crippen molar-refractivity contribution in [3.8, 4) is 0 Å². The average Bonchev–Trinajstić information content (AvgIpc) is 2.38. The van der Waals surface area contributed by atoms with Gasteiger partial charge >= 0.3 is 6.09 Å². The van der Waals surface area contributed by atoms with Gasteiger partial charge in [-0.1, -0.05) is 40.0 Å². The van der Waals surface area contributed by atoms with Crippen molar-refractivity contribution in [3.05, 3.63) is 0 Å². The number of nitrogens with one attached hydrogen (secondary N) is 2. The van der Waals surface area contributed by atoms with Crippen LogP contribution in [0, 0.1) is 0 Å². The van der Waals surface area contributed by atoms with Crippen LogP contribution in [-0.4, -0.2) is 30.3 Å². The maximum absolute atomic E-state index is 11.8. The van der Waals surface area contributed by atoms with Crippen molar-refractivity contribution in [2.45, 2.75) is 97.8 Å². The number of carbonyl (C=O) groups excluding carboxylic acids is 1. The first kappa shape index (κ1) is 20.2. The third-order valence-electron chi connectivity index (χ3n) is 3.40. The van der Waals surface area contributed by atoms with Crippen molar-refractivity contribution in [2.24, 2.45) is 0 Å². The maximum Gasteiger partial charge on any atom is 0.407 e. The minimum absolute atomic E-state index is 0.325. The van der Waals surface area contributed by atoms with Gasteiger partial charge < -0.3 is 15.4 Å². The molecule has 0 aliphatic rings. The first-order chi connectivity index (χ1) is 9.82. The lowest BCUT2D eigenvalue weighted by Crippen LogP contribution is -2.46. The Morgan fingerprint density at radius 1 is 1.05 bits per heavy atom. The lowest BCUT2D eigenvalue weighted by atomic mass is 10.0. The van der Waals surface area contributed by atoms with Gasteiger partial charge in [0.1, 0.15) is 5.60 Å². The van der Waals surface area contributed by atoms with E-state index < -0.39 is 5.60 Å². The largest absolute Gasteiger partial charge is 0.444 e. The average molecular weight is 300 g/mol. The Bertz CT molecular complexity index is 274. The van der Waals surface area contributed by atoms with Crippen LogP contribution in [0.25, 0.3) is 0 Å². The van der Waals surface area contributed by atoms with Crippen molar-refractivity contribution in [1.82, 2.24) is 10.6 Å². The van der Waals surface area contributed by atoms with Crippen LogP contribution in [0.1, 0.15) is 80.1 Å². The summed E-state index contributed by atoms with van der Waals surface area (Å²) in [7, 11) is 0. The van der Waals surface area contributed by atoms with Gasteiger partial charge in [-0.15, -0.1) is 0 Å². The number of hydrogen-bond acceptors (Lipinski definition) is 3. The second kappa shape index (κ2) is 10.9. The minimum Gasteiger partial charge on any atom is -0.444 e. The highest BCUT2D eigenvalue weighted by atomic mass is 16.6. The van der Waals surface area contributed by atoms with Crippen molar-refractivity contribution >= 4 is 6.09 Å². The van der Waals surface area contributed by atoms with E-state index in [0.717, 1.165) is 12.8 Å². The summed E-state index contributed by atoms with van der Waals surface area (Å²) in [5.41, 5.74) is -0.440. The molecule has 4 heteroatoms. The molecule has 2 N–H and O–H groups in total. The fourth-order valence-corrected chi connectivity index (χ4v) is 2.30. The lowest BCUT2D eigenvalue weighted by Gasteiger charge is -2.26. The van der Waals surface area contributed by atoms with Crippen LogP contribution in [0.15, 0.2) is 0 Å². The van der Waals surface area contributed by atoms with E-state index in [1.165, 1.54) is 25.7 Å². The molecule has 0 rings (SSSR count). The van der Waals surface area contributed by atoms with E-state index in [2.05, 4.69) is 31.4 Å². The highest BCUT2D eigenvalue weighted by Crippen LogP contribution is 2.08. The van der Waals surface area contributed by atoms with Gasteiger partial charge in [0.25, 0.3) is 0 Å². The Balaban J connectivity index is 4.31. The molecule has 2 unspecified atom stereocenters. The molecule has 21 heavy (non-hydrogen) atoms. The van der Waals surface area contributed by atoms with Crippen LogP contribution in [0.2, 0.25) is 0 Å². The first-order valence-corrected chi connectivity index (χ1v) is 8.55. The van der Waals surface area contributed by atoms with Gasteiger partial charge in [-0.3, -0.25) is 0 Å². The molecule has 0 aromatic rings. The summed E-state index contributed by atoms with van der Waals surface area (Å²) in [6.45, 7) is 12.9. The predicted molar refractivity (Wildman–Crippen MR) is 89.7 cm³/mol. The molecule has 0 bridgehead atoms. The Morgan fingerprint density at radius 2 is 1.71 bits per heavy atom. The summed E-state index contributed by atoms with van der Waals surface area (Å²) in [6.07, 6.45) is 6.62. The zero-order valence-electron chi connectivity index (χ0n) is 14.9. The minimum atomic E-state index is -0.440. The molecule has 0 spiro atoms. The van der Waals surface area contributed by atoms with Crippen molar-refractivity contribution in [2.75, 3.05) is 6.54 Å². The number of alkyl carbamates (subject to hydrolysis) is 1. The van der Waals surface area contributed by atoms with Crippen LogP contribution in [0.4, 0.5) is 4.79 Å².